The van der Waals surface area contributed by atoms with Crippen LogP contribution in [-0.2, 0) is 0 Å². The minimum absolute atomic E-state index is 0.0799. The Bertz CT molecular complexity index is 459. The summed E-state index contributed by atoms with van der Waals surface area (Å²) in [6.45, 7) is 2.06. The van der Waals surface area contributed by atoms with E-state index < -0.39 is 0 Å². The van der Waals surface area contributed by atoms with E-state index in [4.69, 9.17) is 23.2 Å². The third-order valence-corrected chi connectivity index (χ3v) is 3.80. The lowest BCUT2D eigenvalue weighted by Crippen LogP contribution is -2.47. The number of hydrogen-bond acceptors (Lipinski definition) is 3. The number of hydrogen-bond donors (Lipinski definition) is 1. The standard InChI is InChI=1S/C12H15Cl2N3O/c1-12(5-3-2-4-6-12)15-11(18)8-7-9(13)16-17-10(8)14/h7H,2-6H2,1H3,(H,15,18). The van der Waals surface area contributed by atoms with E-state index in [1.165, 1.54) is 12.5 Å². The van der Waals surface area contributed by atoms with Crippen molar-refractivity contribution >= 4 is 29.1 Å². The van der Waals surface area contributed by atoms with Crippen molar-refractivity contribution in [2.24, 2.45) is 0 Å². The molecule has 0 atom stereocenters. The van der Waals surface area contributed by atoms with Crippen molar-refractivity contribution in [3.8, 4) is 0 Å². The molecule has 0 radical (unpaired) electrons. The largest absolute Gasteiger partial charge is 0.347 e. The lowest BCUT2D eigenvalue weighted by atomic mass is 9.83. The zero-order valence-electron chi connectivity index (χ0n) is 10.2. The molecule has 6 heteroatoms. The van der Waals surface area contributed by atoms with Crippen molar-refractivity contribution in [2.45, 2.75) is 44.6 Å². The van der Waals surface area contributed by atoms with Crippen molar-refractivity contribution in [1.82, 2.24) is 15.5 Å². The Morgan fingerprint density at radius 1 is 1.28 bits per heavy atom. The van der Waals surface area contributed by atoms with Crippen molar-refractivity contribution in [3.05, 3.63) is 21.9 Å². The fraction of sp³-hybridized carbons (Fsp3) is 0.583. The Kier molecular flexibility index (Phi) is 4.07. The van der Waals surface area contributed by atoms with Gasteiger partial charge in [-0.2, -0.15) is 0 Å². The Hall–Kier alpha value is -0.870. The lowest BCUT2D eigenvalue weighted by molar-refractivity contribution is 0.0882. The molecule has 1 aromatic rings. The third-order valence-electron chi connectivity index (χ3n) is 3.34. The topological polar surface area (TPSA) is 54.9 Å². The monoisotopic (exact) mass is 287 g/mol. The second-order valence-corrected chi connectivity index (χ2v) is 5.69. The molecule has 0 spiro atoms. The van der Waals surface area contributed by atoms with Crippen LogP contribution in [-0.4, -0.2) is 21.6 Å². The van der Waals surface area contributed by atoms with Crippen LogP contribution in [0, 0.1) is 0 Å². The van der Waals surface area contributed by atoms with E-state index in [-0.39, 0.29) is 27.3 Å². The van der Waals surface area contributed by atoms with Gasteiger partial charge in [0.2, 0.25) is 0 Å². The maximum absolute atomic E-state index is 12.2. The summed E-state index contributed by atoms with van der Waals surface area (Å²) in [4.78, 5) is 12.2. The highest BCUT2D eigenvalue weighted by Crippen LogP contribution is 2.28. The number of aromatic nitrogens is 2. The van der Waals surface area contributed by atoms with Crippen LogP contribution in [0.25, 0.3) is 0 Å². The molecule has 0 aromatic carbocycles. The molecular weight excluding hydrogens is 273 g/mol. The van der Waals surface area contributed by atoms with Gasteiger partial charge in [-0.05, 0) is 25.8 Å². The first-order valence-corrected chi connectivity index (χ1v) is 6.77. The SMILES string of the molecule is CC1(NC(=O)c2cc(Cl)nnc2Cl)CCCCC1. The normalized spacial score (nSPS) is 18.4. The number of halogens is 2. The van der Waals surface area contributed by atoms with Crippen LogP contribution in [0.4, 0.5) is 0 Å². The number of amides is 1. The van der Waals surface area contributed by atoms with Crippen LogP contribution in [0.15, 0.2) is 6.07 Å². The lowest BCUT2D eigenvalue weighted by Gasteiger charge is -2.34. The molecule has 1 aromatic heterocycles. The van der Waals surface area contributed by atoms with Crippen molar-refractivity contribution in [2.75, 3.05) is 0 Å². The highest BCUT2D eigenvalue weighted by Gasteiger charge is 2.29. The molecule has 1 saturated carbocycles. The van der Waals surface area contributed by atoms with E-state index in [1.807, 2.05) is 0 Å². The molecule has 1 N–H and O–H groups in total. The van der Waals surface area contributed by atoms with Crippen LogP contribution >= 0.6 is 23.2 Å². The average Bonchev–Trinajstić information content (AvgIpc) is 2.32. The van der Waals surface area contributed by atoms with E-state index in [9.17, 15) is 4.79 Å². The Morgan fingerprint density at radius 3 is 2.61 bits per heavy atom. The molecule has 18 heavy (non-hydrogen) atoms. The summed E-state index contributed by atoms with van der Waals surface area (Å²) in [7, 11) is 0. The molecule has 1 aliphatic rings. The van der Waals surface area contributed by atoms with Gasteiger partial charge in [0.1, 0.15) is 0 Å². The summed E-state index contributed by atoms with van der Waals surface area (Å²) in [5, 5.41) is 10.5. The number of nitrogens with one attached hydrogen (secondary N) is 1. The van der Waals surface area contributed by atoms with Gasteiger partial charge in [0.05, 0.1) is 5.56 Å². The summed E-state index contributed by atoms with van der Waals surface area (Å²) in [6.07, 6.45) is 5.49. The minimum atomic E-state index is -0.235. The van der Waals surface area contributed by atoms with Gasteiger partial charge in [0.25, 0.3) is 5.91 Å². The number of carbonyl (C=O) groups is 1. The van der Waals surface area contributed by atoms with Gasteiger partial charge in [-0.25, -0.2) is 0 Å². The van der Waals surface area contributed by atoms with E-state index >= 15 is 0 Å². The highest BCUT2D eigenvalue weighted by atomic mass is 35.5. The molecule has 0 aliphatic heterocycles. The molecule has 1 fully saturated rings. The number of nitrogens with zero attached hydrogens (tertiary/aromatic N) is 2. The zero-order chi connectivity index (χ0) is 13.2. The van der Waals surface area contributed by atoms with Gasteiger partial charge in [-0.3, -0.25) is 4.79 Å². The van der Waals surface area contributed by atoms with Crippen molar-refractivity contribution < 1.29 is 4.79 Å². The predicted octanol–water partition coefficient (Wildman–Crippen LogP) is 3.24. The summed E-state index contributed by atoms with van der Waals surface area (Å²) in [6, 6.07) is 1.44. The molecule has 0 saturated heterocycles. The quantitative estimate of drug-likeness (QED) is 0.909. The molecule has 1 heterocycles. The van der Waals surface area contributed by atoms with E-state index in [1.54, 1.807) is 0 Å². The minimum Gasteiger partial charge on any atom is -0.347 e. The van der Waals surface area contributed by atoms with Crippen LogP contribution in [0.1, 0.15) is 49.4 Å². The number of carbonyl (C=O) groups excluding carboxylic acids is 1. The molecular formula is C12H15Cl2N3O. The Balaban J connectivity index is 2.14. The maximum Gasteiger partial charge on any atom is 0.255 e. The van der Waals surface area contributed by atoms with Gasteiger partial charge in [0.15, 0.2) is 10.3 Å². The van der Waals surface area contributed by atoms with Crippen molar-refractivity contribution in [3.63, 3.8) is 0 Å². The van der Waals surface area contributed by atoms with E-state index in [0.29, 0.717) is 0 Å². The average molecular weight is 288 g/mol. The third kappa shape index (κ3) is 3.12. The van der Waals surface area contributed by atoms with Gasteiger partial charge < -0.3 is 5.32 Å². The van der Waals surface area contributed by atoms with Crippen LogP contribution in [0.3, 0.4) is 0 Å². The fourth-order valence-electron chi connectivity index (χ4n) is 2.31. The van der Waals surface area contributed by atoms with Gasteiger partial charge in [-0.15, -0.1) is 10.2 Å². The fourth-order valence-corrected chi connectivity index (χ4v) is 2.64. The number of rotatable bonds is 2. The Labute approximate surface area is 116 Å². The van der Waals surface area contributed by atoms with Gasteiger partial charge in [-0.1, -0.05) is 42.5 Å². The predicted molar refractivity (Wildman–Crippen MR) is 71.0 cm³/mol. The van der Waals surface area contributed by atoms with E-state index in [0.717, 1.165) is 25.7 Å². The molecule has 0 unspecified atom stereocenters. The van der Waals surface area contributed by atoms with Crippen LogP contribution in [0.2, 0.25) is 10.3 Å². The van der Waals surface area contributed by atoms with Crippen LogP contribution < -0.4 is 5.32 Å². The summed E-state index contributed by atoms with van der Waals surface area (Å²) in [5.41, 5.74) is 0.123. The van der Waals surface area contributed by atoms with Gasteiger partial charge >= 0.3 is 0 Å². The summed E-state index contributed by atoms with van der Waals surface area (Å²) < 4.78 is 0. The Morgan fingerprint density at radius 2 is 1.94 bits per heavy atom. The zero-order valence-corrected chi connectivity index (χ0v) is 11.7. The maximum atomic E-state index is 12.2. The molecule has 4 nitrogen and oxygen atoms in total. The molecule has 2 rings (SSSR count). The van der Waals surface area contributed by atoms with Crippen LogP contribution in [0.5, 0.6) is 0 Å². The molecule has 0 bridgehead atoms. The second-order valence-electron chi connectivity index (χ2n) is 4.95. The first kappa shape index (κ1) is 13.6. The first-order valence-electron chi connectivity index (χ1n) is 6.01. The summed E-state index contributed by atoms with van der Waals surface area (Å²) in [5.74, 6) is -0.235. The first-order chi connectivity index (χ1) is 8.50. The van der Waals surface area contributed by atoms with E-state index in [2.05, 4.69) is 22.4 Å². The highest BCUT2D eigenvalue weighted by molar-refractivity contribution is 6.34. The second kappa shape index (κ2) is 5.41. The van der Waals surface area contributed by atoms with Gasteiger partial charge in [0, 0.05) is 5.54 Å². The summed E-state index contributed by atoms with van der Waals surface area (Å²) >= 11 is 11.6. The smallest absolute Gasteiger partial charge is 0.255 e. The van der Waals surface area contributed by atoms with Crippen molar-refractivity contribution in [1.29, 1.82) is 0 Å². The molecule has 1 aliphatic carbocycles. The molecule has 1 amide bonds. The molecule has 98 valence electrons.